The van der Waals surface area contributed by atoms with Gasteiger partial charge in [0.2, 0.25) is 0 Å². The molecule has 0 unspecified atom stereocenters. The van der Waals surface area contributed by atoms with Crippen LogP contribution < -0.4 is 10.5 Å². The van der Waals surface area contributed by atoms with E-state index in [4.69, 9.17) is 27.2 Å². The number of rotatable bonds is 5. The lowest BCUT2D eigenvalue weighted by Gasteiger charge is -2.05. The Morgan fingerprint density at radius 2 is 2.17 bits per heavy atom. The zero-order valence-electron chi connectivity index (χ0n) is 9.71. The number of aliphatic hydroxyl groups is 1. The largest absolute Gasteiger partial charge is 0.486 e. The van der Waals surface area contributed by atoms with Crippen LogP contribution in [0.4, 0.5) is 5.82 Å². The number of nitrogens with two attached hydrogens (primary N) is 1. The molecule has 0 amide bonds. The number of para-hydroxylation sites is 1. The quantitative estimate of drug-likeness (QED) is 0.865. The smallest absolute Gasteiger partial charge is 0.138 e. The molecule has 18 heavy (non-hydrogen) atoms. The first-order valence-corrected chi connectivity index (χ1v) is 5.89. The van der Waals surface area contributed by atoms with E-state index in [9.17, 15) is 0 Å². The molecule has 5 nitrogen and oxygen atoms in total. The first-order valence-electron chi connectivity index (χ1n) is 5.51. The molecule has 0 aliphatic heterocycles. The maximum absolute atomic E-state index is 8.83. The highest BCUT2D eigenvalue weighted by atomic mass is 35.5. The summed E-state index contributed by atoms with van der Waals surface area (Å²) in [6.45, 7) is 0.654. The van der Waals surface area contributed by atoms with E-state index in [1.54, 1.807) is 18.2 Å². The highest BCUT2D eigenvalue weighted by molar-refractivity contribution is 6.32. The minimum Gasteiger partial charge on any atom is -0.486 e. The molecular formula is C12H14ClN3O2. The average Bonchev–Trinajstić information content (AvgIpc) is 2.70. The topological polar surface area (TPSA) is 73.3 Å². The Bertz CT molecular complexity index is 528. The zero-order chi connectivity index (χ0) is 13.0. The molecule has 0 radical (unpaired) electrons. The van der Waals surface area contributed by atoms with Crippen molar-refractivity contribution in [3.63, 3.8) is 0 Å². The molecule has 0 spiro atoms. The van der Waals surface area contributed by atoms with Crippen molar-refractivity contribution in [3.8, 4) is 5.75 Å². The molecule has 0 aliphatic rings. The Balaban J connectivity index is 2.02. The third-order valence-corrected chi connectivity index (χ3v) is 2.70. The summed E-state index contributed by atoms with van der Waals surface area (Å²) in [5, 5.41) is 13.6. The maximum atomic E-state index is 8.83. The maximum Gasteiger partial charge on any atom is 0.138 e. The van der Waals surface area contributed by atoms with Crippen LogP contribution in [0.15, 0.2) is 30.3 Å². The number of hydrogen-bond acceptors (Lipinski definition) is 4. The van der Waals surface area contributed by atoms with Gasteiger partial charge in [-0.25, -0.2) is 4.68 Å². The average molecular weight is 268 g/mol. The van der Waals surface area contributed by atoms with Gasteiger partial charge in [0.05, 0.1) is 18.2 Å². The lowest BCUT2D eigenvalue weighted by Crippen LogP contribution is -2.08. The molecule has 96 valence electrons. The summed E-state index contributed by atoms with van der Waals surface area (Å²) in [6.07, 6.45) is 0. The first-order chi connectivity index (χ1) is 8.70. The van der Waals surface area contributed by atoms with E-state index in [0.717, 1.165) is 0 Å². The SMILES string of the molecule is Nc1cc(COc2ccccc2Cl)nn1CCO. The van der Waals surface area contributed by atoms with Crippen molar-refractivity contribution < 1.29 is 9.84 Å². The van der Waals surface area contributed by atoms with E-state index < -0.39 is 0 Å². The van der Waals surface area contributed by atoms with Crippen LogP contribution in [-0.4, -0.2) is 21.5 Å². The second kappa shape index (κ2) is 5.75. The van der Waals surface area contributed by atoms with Gasteiger partial charge in [0.15, 0.2) is 0 Å². The van der Waals surface area contributed by atoms with E-state index in [2.05, 4.69) is 5.10 Å². The number of aliphatic hydroxyl groups excluding tert-OH is 1. The fourth-order valence-electron chi connectivity index (χ4n) is 1.54. The normalized spacial score (nSPS) is 10.6. The summed E-state index contributed by atoms with van der Waals surface area (Å²) in [5.74, 6) is 1.11. The van der Waals surface area contributed by atoms with Gasteiger partial charge in [-0.3, -0.25) is 0 Å². The Morgan fingerprint density at radius 1 is 1.39 bits per heavy atom. The Hall–Kier alpha value is -1.72. The molecule has 0 bridgehead atoms. The van der Waals surface area contributed by atoms with E-state index in [1.807, 2.05) is 12.1 Å². The number of hydrogen-bond donors (Lipinski definition) is 2. The van der Waals surface area contributed by atoms with Crippen molar-refractivity contribution >= 4 is 17.4 Å². The fraction of sp³-hybridized carbons (Fsp3) is 0.250. The second-order valence-corrected chi connectivity index (χ2v) is 4.13. The van der Waals surface area contributed by atoms with Crippen molar-refractivity contribution in [2.75, 3.05) is 12.3 Å². The molecule has 0 fully saturated rings. The van der Waals surface area contributed by atoms with Crippen LogP contribution in [0.25, 0.3) is 0 Å². The third-order valence-electron chi connectivity index (χ3n) is 2.39. The molecule has 1 aromatic carbocycles. The van der Waals surface area contributed by atoms with Crippen molar-refractivity contribution in [2.45, 2.75) is 13.2 Å². The molecule has 2 aromatic rings. The van der Waals surface area contributed by atoms with Gasteiger partial charge in [0.1, 0.15) is 23.9 Å². The van der Waals surface area contributed by atoms with Crippen LogP contribution in [-0.2, 0) is 13.2 Å². The number of halogens is 1. The Labute approximate surface area is 110 Å². The molecule has 0 atom stereocenters. The zero-order valence-corrected chi connectivity index (χ0v) is 10.5. The van der Waals surface area contributed by atoms with Crippen molar-refractivity contribution in [1.29, 1.82) is 0 Å². The van der Waals surface area contributed by atoms with Gasteiger partial charge in [-0.05, 0) is 12.1 Å². The molecule has 3 N–H and O–H groups in total. The van der Waals surface area contributed by atoms with Crippen LogP contribution in [0.3, 0.4) is 0 Å². The molecule has 0 saturated heterocycles. The Morgan fingerprint density at radius 3 is 2.89 bits per heavy atom. The summed E-state index contributed by atoms with van der Waals surface area (Å²) in [5.41, 5.74) is 6.43. The predicted octanol–water partition coefficient (Wildman–Crippen LogP) is 1.69. The number of ether oxygens (including phenoxy) is 1. The fourth-order valence-corrected chi connectivity index (χ4v) is 1.73. The number of aromatic nitrogens is 2. The monoisotopic (exact) mass is 267 g/mol. The van der Waals surface area contributed by atoms with Gasteiger partial charge < -0.3 is 15.6 Å². The highest BCUT2D eigenvalue weighted by Gasteiger charge is 2.06. The molecular weight excluding hydrogens is 254 g/mol. The van der Waals surface area contributed by atoms with Crippen LogP contribution in [0, 0.1) is 0 Å². The first kappa shape index (κ1) is 12.7. The summed E-state index contributed by atoms with van der Waals surface area (Å²) in [7, 11) is 0. The van der Waals surface area contributed by atoms with Crippen LogP contribution in [0.2, 0.25) is 5.02 Å². The van der Waals surface area contributed by atoms with Gasteiger partial charge in [-0.15, -0.1) is 0 Å². The molecule has 1 heterocycles. The lowest BCUT2D eigenvalue weighted by atomic mass is 10.3. The van der Waals surface area contributed by atoms with Crippen LogP contribution in [0.5, 0.6) is 5.75 Å². The molecule has 0 aliphatic carbocycles. The summed E-state index contributed by atoms with van der Waals surface area (Å²) < 4.78 is 7.08. The number of benzene rings is 1. The van der Waals surface area contributed by atoms with Crippen molar-refractivity contribution in [3.05, 3.63) is 41.0 Å². The summed E-state index contributed by atoms with van der Waals surface area (Å²) in [4.78, 5) is 0. The molecule has 1 aromatic heterocycles. The molecule has 6 heteroatoms. The van der Waals surface area contributed by atoms with E-state index >= 15 is 0 Å². The third kappa shape index (κ3) is 2.94. The van der Waals surface area contributed by atoms with Gasteiger partial charge in [-0.2, -0.15) is 5.10 Å². The van der Waals surface area contributed by atoms with Gasteiger partial charge in [0.25, 0.3) is 0 Å². The van der Waals surface area contributed by atoms with Gasteiger partial charge in [0, 0.05) is 6.07 Å². The predicted molar refractivity (Wildman–Crippen MR) is 69.5 cm³/mol. The summed E-state index contributed by atoms with van der Waals surface area (Å²) >= 11 is 5.97. The van der Waals surface area contributed by atoms with Crippen molar-refractivity contribution in [2.24, 2.45) is 0 Å². The van der Waals surface area contributed by atoms with E-state index in [0.29, 0.717) is 28.8 Å². The standard InChI is InChI=1S/C12H14ClN3O2/c13-10-3-1-2-4-11(10)18-8-9-7-12(14)16(15-9)5-6-17/h1-4,7,17H,5-6,8,14H2. The number of nitrogen functional groups attached to an aromatic ring is 1. The minimum atomic E-state index is -0.00328. The second-order valence-electron chi connectivity index (χ2n) is 3.73. The van der Waals surface area contributed by atoms with E-state index in [-0.39, 0.29) is 13.2 Å². The number of nitrogens with zero attached hydrogens (tertiary/aromatic N) is 2. The highest BCUT2D eigenvalue weighted by Crippen LogP contribution is 2.24. The van der Waals surface area contributed by atoms with Gasteiger partial charge in [-0.1, -0.05) is 23.7 Å². The van der Waals surface area contributed by atoms with E-state index in [1.165, 1.54) is 4.68 Å². The lowest BCUT2D eigenvalue weighted by molar-refractivity contribution is 0.267. The van der Waals surface area contributed by atoms with Gasteiger partial charge >= 0.3 is 0 Å². The number of anilines is 1. The molecule has 0 saturated carbocycles. The van der Waals surface area contributed by atoms with Crippen molar-refractivity contribution in [1.82, 2.24) is 9.78 Å². The minimum absolute atomic E-state index is 0.00328. The molecule has 2 rings (SSSR count). The van der Waals surface area contributed by atoms with Crippen LogP contribution in [0.1, 0.15) is 5.69 Å². The van der Waals surface area contributed by atoms with Crippen LogP contribution >= 0.6 is 11.6 Å². The Kier molecular flexibility index (Phi) is 4.07. The summed E-state index contributed by atoms with van der Waals surface area (Å²) in [6, 6.07) is 8.95.